The van der Waals surface area contributed by atoms with Crippen LogP contribution in [-0.2, 0) is 18.1 Å². The van der Waals surface area contributed by atoms with Crippen LogP contribution in [0.15, 0.2) is 36.5 Å². The maximum absolute atomic E-state index is 14.6. The van der Waals surface area contributed by atoms with Crippen LogP contribution in [0, 0.1) is 11.7 Å². The molecule has 41 heavy (non-hydrogen) atoms. The van der Waals surface area contributed by atoms with Gasteiger partial charge in [-0.25, -0.2) is 24.1 Å². The van der Waals surface area contributed by atoms with Crippen molar-refractivity contribution in [2.45, 2.75) is 71.1 Å². The first-order valence-electron chi connectivity index (χ1n) is 13.3. The fourth-order valence-electron chi connectivity index (χ4n) is 4.94. The summed E-state index contributed by atoms with van der Waals surface area (Å²) in [5.74, 6) is -2.28. The van der Waals surface area contributed by atoms with E-state index in [1.807, 2.05) is 39.8 Å². The van der Waals surface area contributed by atoms with Gasteiger partial charge in [-0.15, -0.1) is 0 Å². The molecule has 12 heteroatoms. The van der Waals surface area contributed by atoms with Gasteiger partial charge >= 0.3 is 12.1 Å². The summed E-state index contributed by atoms with van der Waals surface area (Å²) in [7, 11) is 0. The number of hydrogen-bond donors (Lipinski definition) is 2. The third kappa shape index (κ3) is 5.73. The molecule has 0 aliphatic heterocycles. The number of carbonyl (C=O) groups is 1. The quantitative estimate of drug-likeness (QED) is 0.239. The Morgan fingerprint density at radius 3 is 2.44 bits per heavy atom. The van der Waals surface area contributed by atoms with Crippen molar-refractivity contribution in [2.24, 2.45) is 5.92 Å². The number of aromatic carboxylic acids is 1. The summed E-state index contributed by atoms with van der Waals surface area (Å²) in [5, 5.41) is 13.0. The van der Waals surface area contributed by atoms with Crippen LogP contribution in [0.3, 0.4) is 0 Å². The molecule has 1 aliphatic carbocycles. The van der Waals surface area contributed by atoms with Crippen molar-refractivity contribution in [2.75, 3.05) is 5.32 Å². The van der Waals surface area contributed by atoms with Crippen LogP contribution in [0.1, 0.15) is 74.3 Å². The number of pyridine rings is 1. The minimum atomic E-state index is -4.83. The van der Waals surface area contributed by atoms with Crippen molar-refractivity contribution in [1.29, 1.82) is 0 Å². The van der Waals surface area contributed by atoms with Crippen LogP contribution in [0.5, 0.6) is 0 Å². The van der Waals surface area contributed by atoms with Crippen LogP contribution in [0.25, 0.3) is 22.7 Å². The number of hydrogen-bond acceptors (Lipinski definition) is 6. The number of imidazole rings is 1. The summed E-state index contributed by atoms with van der Waals surface area (Å²) in [4.78, 5) is 29.5. The predicted molar refractivity (Wildman–Crippen MR) is 145 cm³/mol. The summed E-state index contributed by atoms with van der Waals surface area (Å²) < 4.78 is 55.9. The Hall–Kier alpha value is -4.09. The Labute approximate surface area is 233 Å². The van der Waals surface area contributed by atoms with Gasteiger partial charge in [0.25, 0.3) is 0 Å². The molecule has 0 radical (unpaired) electrons. The maximum Gasteiger partial charge on any atom is 0.419 e. The summed E-state index contributed by atoms with van der Waals surface area (Å²) in [6, 6.07) is 6.43. The summed E-state index contributed by atoms with van der Waals surface area (Å²) >= 11 is 0. The predicted octanol–water partition coefficient (Wildman–Crippen LogP) is 6.69. The molecular formula is C29H30F4N6O2. The Balaban J connectivity index is 1.72. The molecule has 1 aromatic carbocycles. The van der Waals surface area contributed by atoms with Crippen molar-refractivity contribution in [3.8, 4) is 11.5 Å². The molecular weight excluding hydrogens is 540 g/mol. The van der Waals surface area contributed by atoms with Crippen LogP contribution in [-0.4, -0.2) is 41.6 Å². The lowest BCUT2D eigenvalue weighted by molar-refractivity contribution is -0.140. The summed E-state index contributed by atoms with van der Waals surface area (Å²) in [6.07, 6.45) is -0.0557. The topological polar surface area (TPSA) is 106 Å². The SMILES string of the molecule is C[C@@H](Nc1nc(C(=O)O)nc2nc(-c3cc(C(C)(C)C)ccn3)n(Cc3ccc(C(F)(F)F)c(F)c3)c12)C1CCC1. The van der Waals surface area contributed by atoms with Crippen LogP contribution < -0.4 is 5.32 Å². The highest BCUT2D eigenvalue weighted by molar-refractivity contribution is 5.92. The van der Waals surface area contributed by atoms with Gasteiger partial charge in [-0.2, -0.15) is 13.2 Å². The first-order valence-corrected chi connectivity index (χ1v) is 13.3. The van der Waals surface area contributed by atoms with Gasteiger partial charge in [0.05, 0.1) is 12.1 Å². The minimum Gasteiger partial charge on any atom is -0.475 e. The van der Waals surface area contributed by atoms with E-state index in [-0.39, 0.29) is 35.0 Å². The van der Waals surface area contributed by atoms with E-state index in [0.29, 0.717) is 29.0 Å². The van der Waals surface area contributed by atoms with Gasteiger partial charge in [-0.05, 0) is 66.5 Å². The van der Waals surface area contributed by atoms with Crippen molar-refractivity contribution in [1.82, 2.24) is 24.5 Å². The number of carboxylic acids is 1. The van der Waals surface area contributed by atoms with E-state index >= 15 is 0 Å². The second-order valence-corrected chi connectivity index (χ2v) is 11.5. The number of rotatable bonds is 7. The number of nitrogens with zero attached hydrogens (tertiary/aromatic N) is 5. The van der Waals surface area contributed by atoms with Crippen molar-refractivity contribution < 1.29 is 27.5 Å². The number of benzene rings is 1. The number of fused-ring (bicyclic) bond motifs is 1. The van der Waals surface area contributed by atoms with Gasteiger partial charge in [0.1, 0.15) is 17.0 Å². The highest BCUT2D eigenvalue weighted by atomic mass is 19.4. The van der Waals surface area contributed by atoms with Gasteiger partial charge in [0.2, 0.25) is 5.82 Å². The molecule has 4 aromatic rings. The molecule has 8 nitrogen and oxygen atoms in total. The number of aromatic nitrogens is 5. The molecule has 2 N–H and O–H groups in total. The van der Waals surface area contributed by atoms with Gasteiger partial charge in [0.15, 0.2) is 17.3 Å². The largest absolute Gasteiger partial charge is 0.475 e. The monoisotopic (exact) mass is 570 g/mol. The second-order valence-electron chi connectivity index (χ2n) is 11.5. The normalized spacial score (nSPS) is 15.1. The number of nitrogens with one attached hydrogen (secondary N) is 1. The Morgan fingerprint density at radius 1 is 1.12 bits per heavy atom. The Bertz CT molecular complexity index is 1620. The molecule has 0 spiro atoms. The standard InChI is InChI=1S/C29H30F4N6O2/c1-15(17-6-5-7-17)35-23-22-24(37-25(36-23)27(40)41)38-26(21-13-18(10-11-34-21)28(2,3)4)39(22)14-16-8-9-19(20(30)12-16)29(31,32)33/h8-13,15,17H,5-7,14H2,1-4H3,(H,40,41)(H,35,36,37)/t15-/m1/s1. The van der Waals surface area contributed by atoms with E-state index in [9.17, 15) is 27.5 Å². The van der Waals surface area contributed by atoms with Crippen LogP contribution >= 0.6 is 0 Å². The van der Waals surface area contributed by atoms with Gasteiger partial charge in [-0.3, -0.25) is 4.98 Å². The van der Waals surface area contributed by atoms with E-state index in [1.54, 1.807) is 10.8 Å². The first-order chi connectivity index (χ1) is 19.2. The highest BCUT2D eigenvalue weighted by Gasteiger charge is 2.34. The van der Waals surface area contributed by atoms with Crippen molar-refractivity contribution in [3.05, 3.63) is 64.9 Å². The van der Waals surface area contributed by atoms with Crippen molar-refractivity contribution >= 4 is 23.0 Å². The molecule has 0 unspecified atom stereocenters. The molecule has 3 heterocycles. The zero-order valence-electron chi connectivity index (χ0n) is 23.1. The molecule has 216 valence electrons. The van der Waals surface area contributed by atoms with Gasteiger partial charge in [0, 0.05) is 12.2 Å². The third-order valence-electron chi connectivity index (χ3n) is 7.55. The number of carboxylic acid groups (broad SMARTS) is 1. The lowest BCUT2D eigenvalue weighted by Gasteiger charge is -2.32. The lowest BCUT2D eigenvalue weighted by atomic mass is 9.80. The molecule has 0 bridgehead atoms. The molecule has 0 saturated heterocycles. The average molecular weight is 571 g/mol. The zero-order valence-corrected chi connectivity index (χ0v) is 23.1. The average Bonchev–Trinajstić information content (AvgIpc) is 3.20. The molecule has 1 fully saturated rings. The Kier molecular flexibility index (Phi) is 7.20. The highest BCUT2D eigenvalue weighted by Crippen LogP contribution is 2.35. The van der Waals surface area contributed by atoms with Gasteiger partial charge in [-0.1, -0.05) is 33.3 Å². The number of anilines is 1. The summed E-state index contributed by atoms with van der Waals surface area (Å²) in [6.45, 7) is 8.00. The minimum absolute atomic E-state index is 0.0406. The number of halogens is 4. The fourth-order valence-corrected chi connectivity index (χ4v) is 4.94. The van der Waals surface area contributed by atoms with Crippen LogP contribution in [0.4, 0.5) is 23.4 Å². The maximum atomic E-state index is 14.6. The fraction of sp³-hybridized carbons (Fsp3) is 0.414. The zero-order chi connectivity index (χ0) is 29.7. The molecule has 1 atom stereocenters. The smallest absolute Gasteiger partial charge is 0.419 e. The Morgan fingerprint density at radius 2 is 1.85 bits per heavy atom. The van der Waals surface area contributed by atoms with E-state index in [1.165, 1.54) is 6.07 Å². The molecule has 0 amide bonds. The van der Waals surface area contributed by atoms with E-state index in [0.717, 1.165) is 30.9 Å². The molecule has 1 aliphatic rings. The first kappa shape index (κ1) is 28.4. The molecule has 5 rings (SSSR count). The van der Waals surface area contributed by atoms with E-state index in [2.05, 4.69) is 25.3 Å². The second kappa shape index (κ2) is 10.4. The third-order valence-corrected chi connectivity index (χ3v) is 7.55. The molecule has 1 saturated carbocycles. The molecule has 3 aromatic heterocycles. The van der Waals surface area contributed by atoms with E-state index < -0.39 is 29.4 Å². The van der Waals surface area contributed by atoms with Gasteiger partial charge < -0.3 is 15.0 Å². The van der Waals surface area contributed by atoms with E-state index in [4.69, 9.17) is 0 Å². The lowest BCUT2D eigenvalue weighted by Crippen LogP contribution is -2.31. The van der Waals surface area contributed by atoms with Crippen molar-refractivity contribution in [3.63, 3.8) is 0 Å². The van der Waals surface area contributed by atoms with Crippen LogP contribution in [0.2, 0.25) is 0 Å². The number of alkyl halides is 3. The summed E-state index contributed by atoms with van der Waals surface area (Å²) in [5.41, 5.74) is 0.469.